The van der Waals surface area contributed by atoms with Gasteiger partial charge in [-0.15, -0.1) is 0 Å². The van der Waals surface area contributed by atoms with Crippen LogP contribution in [0.3, 0.4) is 0 Å². The number of hydrogen-bond acceptors (Lipinski definition) is 2. The topological polar surface area (TPSA) is 40.5 Å². The van der Waals surface area contributed by atoms with Crippen molar-refractivity contribution < 1.29 is 10.2 Å². The molecule has 4 rings (SSSR count). The normalized spacial score (nSPS) is 57.6. The Bertz CT molecular complexity index is 512. The Balaban J connectivity index is 1.73. The van der Waals surface area contributed by atoms with Crippen LogP contribution in [-0.2, 0) is 0 Å². The standard InChI is InChI=1S/C20H32O2/c1-18-9-6-14(21)12-13(18)4-5-16-15(18)7-10-20(3)17(22)8-11-19(16,20)2/h4,14-17,21-22H,5-12H2,1-3H3/t14-,15+,16-,17-,18-,19-,20+/m0/s1. The molecule has 0 amide bonds. The summed E-state index contributed by atoms with van der Waals surface area (Å²) in [4.78, 5) is 0. The molecular weight excluding hydrogens is 272 g/mol. The second-order valence-electron chi connectivity index (χ2n) is 9.42. The molecule has 2 nitrogen and oxygen atoms in total. The molecule has 0 aromatic heterocycles. The summed E-state index contributed by atoms with van der Waals surface area (Å²) >= 11 is 0. The van der Waals surface area contributed by atoms with Gasteiger partial charge in [0.25, 0.3) is 0 Å². The van der Waals surface area contributed by atoms with Gasteiger partial charge < -0.3 is 10.2 Å². The molecule has 4 aliphatic rings. The average Bonchev–Trinajstić information content (AvgIpc) is 2.72. The first-order chi connectivity index (χ1) is 10.3. The fourth-order valence-corrected chi connectivity index (χ4v) is 7.00. The van der Waals surface area contributed by atoms with Crippen LogP contribution in [0.5, 0.6) is 0 Å². The Labute approximate surface area is 135 Å². The van der Waals surface area contributed by atoms with Crippen LogP contribution < -0.4 is 0 Å². The molecule has 0 unspecified atom stereocenters. The Morgan fingerprint density at radius 3 is 2.41 bits per heavy atom. The van der Waals surface area contributed by atoms with Crippen molar-refractivity contribution in [2.75, 3.05) is 0 Å². The summed E-state index contributed by atoms with van der Waals surface area (Å²) in [5.41, 5.74) is 2.25. The Kier molecular flexibility index (Phi) is 3.18. The third kappa shape index (κ3) is 1.69. The lowest BCUT2D eigenvalue weighted by molar-refractivity contribution is -0.124. The molecule has 0 heterocycles. The van der Waals surface area contributed by atoms with Crippen molar-refractivity contribution in [2.45, 2.75) is 84.3 Å². The van der Waals surface area contributed by atoms with E-state index in [1.54, 1.807) is 5.57 Å². The van der Waals surface area contributed by atoms with Crippen molar-refractivity contribution in [3.63, 3.8) is 0 Å². The Morgan fingerprint density at radius 2 is 1.64 bits per heavy atom. The van der Waals surface area contributed by atoms with Crippen LogP contribution >= 0.6 is 0 Å². The zero-order valence-electron chi connectivity index (χ0n) is 14.4. The van der Waals surface area contributed by atoms with Gasteiger partial charge >= 0.3 is 0 Å². The fourth-order valence-electron chi connectivity index (χ4n) is 7.00. The highest BCUT2D eigenvalue weighted by Gasteiger charge is 2.64. The van der Waals surface area contributed by atoms with Gasteiger partial charge in [-0.1, -0.05) is 32.4 Å². The maximum atomic E-state index is 10.6. The molecule has 0 aliphatic heterocycles. The number of hydrogen-bond donors (Lipinski definition) is 2. The SMILES string of the molecule is C[C@]12CC[C@H](O)CC1=CC[C@H]1[C@H]2CC[C@]2(C)[C@@H](O)CC[C@@]12C. The van der Waals surface area contributed by atoms with Crippen LogP contribution in [-0.4, -0.2) is 22.4 Å². The smallest absolute Gasteiger partial charge is 0.0599 e. The van der Waals surface area contributed by atoms with Crippen molar-refractivity contribution >= 4 is 0 Å². The number of aliphatic hydroxyl groups excluding tert-OH is 2. The number of fused-ring (bicyclic) bond motifs is 5. The molecule has 0 spiro atoms. The minimum absolute atomic E-state index is 0.107. The molecule has 7 atom stereocenters. The van der Waals surface area contributed by atoms with Crippen LogP contribution in [0.1, 0.15) is 72.1 Å². The van der Waals surface area contributed by atoms with Gasteiger partial charge in [0.05, 0.1) is 12.2 Å². The lowest BCUT2D eigenvalue weighted by Crippen LogP contribution is -2.56. The maximum absolute atomic E-state index is 10.6. The number of aliphatic hydroxyl groups is 2. The minimum atomic E-state index is -0.117. The van der Waals surface area contributed by atoms with E-state index in [-0.39, 0.29) is 23.0 Å². The molecule has 124 valence electrons. The second kappa shape index (κ2) is 4.60. The molecule has 0 radical (unpaired) electrons. The molecular formula is C20H32O2. The number of rotatable bonds is 0. The Hall–Kier alpha value is -0.340. The highest BCUT2D eigenvalue weighted by molar-refractivity contribution is 5.26. The lowest BCUT2D eigenvalue weighted by Gasteiger charge is -2.62. The van der Waals surface area contributed by atoms with Crippen molar-refractivity contribution in [2.24, 2.45) is 28.1 Å². The third-order valence-corrected chi connectivity index (χ3v) is 8.88. The summed E-state index contributed by atoms with van der Waals surface area (Å²) in [7, 11) is 0. The Morgan fingerprint density at radius 1 is 0.909 bits per heavy atom. The van der Waals surface area contributed by atoms with Crippen LogP contribution in [0.2, 0.25) is 0 Å². The molecule has 0 aromatic carbocycles. The van der Waals surface area contributed by atoms with Gasteiger partial charge in [0, 0.05) is 0 Å². The molecule has 2 heteroatoms. The minimum Gasteiger partial charge on any atom is -0.393 e. The van der Waals surface area contributed by atoms with Gasteiger partial charge in [-0.25, -0.2) is 0 Å². The highest BCUT2D eigenvalue weighted by atomic mass is 16.3. The second-order valence-corrected chi connectivity index (χ2v) is 9.42. The first-order valence-corrected chi connectivity index (χ1v) is 9.37. The van der Waals surface area contributed by atoms with Gasteiger partial charge in [-0.05, 0) is 79.4 Å². The van der Waals surface area contributed by atoms with Gasteiger partial charge in [-0.2, -0.15) is 0 Å². The van der Waals surface area contributed by atoms with E-state index in [4.69, 9.17) is 0 Å². The maximum Gasteiger partial charge on any atom is 0.0599 e. The summed E-state index contributed by atoms with van der Waals surface area (Å²) in [6.07, 6.45) is 11.1. The zero-order valence-corrected chi connectivity index (χ0v) is 14.4. The van der Waals surface area contributed by atoms with Crippen LogP contribution in [0.25, 0.3) is 0 Å². The fraction of sp³-hybridized carbons (Fsp3) is 0.900. The summed E-state index contributed by atoms with van der Waals surface area (Å²) in [5.74, 6) is 1.47. The molecule has 22 heavy (non-hydrogen) atoms. The van der Waals surface area contributed by atoms with Crippen LogP contribution in [0, 0.1) is 28.1 Å². The van der Waals surface area contributed by atoms with E-state index in [0.29, 0.717) is 11.3 Å². The van der Waals surface area contributed by atoms with E-state index in [1.807, 2.05) is 0 Å². The van der Waals surface area contributed by atoms with Crippen molar-refractivity contribution in [1.29, 1.82) is 0 Å². The highest BCUT2D eigenvalue weighted by Crippen LogP contribution is 2.70. The van der Waals surface area contributed by atoms with E-state index in [2.05, 4.69) is 26.8 Å². The van der Waals surface area contributed by atoms with Crippen molar-refractivity contribution in [1.82, 2.24) is 0 Å². The molecule has 4 aliphatic carbocycles. The van der Waals surface area contributed by atoms with Crippen molar-refractivity contribution in [3.8, 4) is 0 Å². The molecule has 3 fully saturated rings. The number of allylic oxidation sites excluding steroid dienone is 1. The summed E-state index contributed by atoms with van der Waals surface area (Å²) in [6, 6.07) is 0. The van der Waals surface area contributed by atoms with Gasteiger partial charge in [0.15, 0.2) is 0 Å². The molecule has 3 saturated carbocycles. The van der Waals surface area contributed by atoms with E-state index in [9.17, 15) is 10.2 Å². The monoisotopic (exact) mass is 304 g/mol. The van der Waals surface area contributed by atoms with E-state index >= 15 is 0 Å². The van der Waals surface area contributed by atoms with Crippen molar-refractivity contribution in [3.05, 3.63) is 11.6 Å². The molecule has 0 aromatic rings. The summed E-state index contributed by atoms with van der Waals surface area (Å²) < 4.78 is 0. The average molecular weight is 304 g/mol. The molecule has 2 N–H and O–H groups in total. The molecule has 0 bridgehead atoms. The van der Waals surface area contributed by atoms with Crippen LogP contribution in [0.15, 0.2) is 11.6 Å². The molecule has 0 saturated heterocycles. The van der Waals surface area contributed by atoms with Gasteiger partial charge in [0.2, 0.25) is 0 Å². The summed E-state index contributed by atoms with van der Waals surface area (Å²) in [5, 5.41) is 20.7. The largest absolute Gasteiger partial charge is 0.393 e. The first-order valence-electron chi connectivity index (χ1n) is 9.37. The van der Waals surface area contributed by atoms with Crippen LogP contribution in [0.4, 0.5) is 0 Å². The predicted octanol–water partition coefficient (Wildman–Crippen LogP) is 4.06. The zero-order chi connectivity index (χ0) is 15.8. The van der Waals surface area contributed by atoms with E-state index < -0.39 is 0 Å². The predicted molar refractivity (Wildman–Crippen MR) is 88.3 cm³/mol. The van der Waals surface area contributed by atoms with E-state index in [0.717, 1.165) is 31.6 Å². The van der Waals surface area contributed by atoms with Gasteiger partial charge in [0.1, 0.15) is 0 Å². The third-order valence-electron chi connectivity index (χ3n) is 8.88. The first kappa shape index (κ1) is 15.2. The summed E-state index contributed by atoms with van der Waals surface area (Å²) in [6.45, 7) is 7.30. The van der Waals surface area contributed by atoms with Gasteiger partial charge in [-0.3, -0.25) is 0 Å². The van der Waals surface area contributed by atoms with E-state index in [1.165, 1.54) is 25.7 Å². The lowest BCUT2D eigenvalue weighted by atomic mass is 9.43. The quantitative estimate of drug-likeness (QED) is 0.663.